The van der Waals surface area contributed by atoms with Crippen LogP contribution in [0.4, 0.5) is 0 Å². The number of aromatic nitrogens is 3. The minimum absolute atomic E-state index is 0.0644. The molecule has 1 atom stereocenters. The molecule has 0 aliphatic carbocycles. The number of piperidine rings is 1. The monoisotopic (exact) mass is 323 g/mol. The number of pyridine rings is 1. The van der Waals surface area contributed by atoms with Gasteiger partial charge >= 0.3 is 0 Å². The maximum atomic E-state index is 12.8. The topological polar surface area (TPSA) is 74.8 Å². The van der Waals surface area contributed by atoms with Crippen LogP contribution in [-0.2, 0) is 6.42 Å². The van der Waals surface area contributed by atoms with E-state index in [0.717, 1.165) is 31.6 Å². The smallest absolute Gasteiger partial charge is 0.272 e. The summed E-state index contributed by atoms with van der Waals surface area (Å²) in [5.74, 6) is 0.993. The Morgan fingerprint density at radius 2 is 2.29 bits per heavy atom. The summed E-state index contributed by atoms with van der Waals surface area (Å²) in [4.78, 5) is 23.3. The van der Waals surface area contributed by atoms with Crippen molar-refractivity contribution in [2.24, 2.45) is 0 Å². The Balaban J connectivity index is 1.78. The third kappa shape index (κ3) is 3.02. The van der Waals surface area contributed by atoms with E-state index in [1.54, 1.807) is 19.1 Å². The summed E-state index contributed by atoms with van der Waals surface area (Å²) in [6.45, 7) is 5.26. The Kier molecular flexibility index (Phi) is 4.61. The summed E-state index contributed by atoms with van der Waals surface area (Å²) in [6.07, 6.45) is 6.72. The van der Waals surface area contributed by atoms with Gasteiger partial charge in [-0.3, -0.25) is 4.79 Å². The first-order valence-electron chi connectivity index (χ1n) is 8.32. The van der Waals surface area contributed by atoms with E-state index in [1.807, 2.05) is 17.3 Å². The third-order valence-electron chi connectivity index (χ3n) is 4.57. The van der Waals surface area contributed by atoms with Crippen LogP contribution in [0.2, 0.25) is 0 Å². The molecule has 0 aromatic carbocycles. The number of imidazole rings is 1. The van der Waals surface area contributed by atoms with Gasteiger partial charge in [0.25, 0.3) is 5.91 Å². The number of nitriles is 1. The molecule has 2 aromatic rings. The number of aryl methyl sites for hydroxylation is 2. The highest BCUT2D eigenvalue weighted by molar-refractivity contribution is 5.92. The molecule has 124 valence electrons. The summed E-state index contributed by atoms with van der Waals surface area (Å²) in [5, 5.41) is 8.99. The quantitative estimate of drug-likeness (QED) is 0.870. The summed E-state index contributed by atoms with van der Waals surface area (Å²) in [5.41, 5.74) is 1.52. The van der Waals surface area contributed by atoms with Crippen LogP contribution in [0.3, 0.4) is 0 Å². The van der Waals surface area contributed by atoms with Crippen LogP contribution in [0.15, 0.2) is 24.5 Å². The molecule has 3 rings (SSSR count). The molecule has 0 N–H and O–H groups in total. The lowest BCUT2D eigenvalue weighted by Gasteiger charge is -2.34. The molecule has 1 fully saturated rings. The number of carbonyl (C=O) groups is 1. The molecule has 0 saturated carbocycles. The fourth-order valence-electron chi connectivity index (χ4n) is 3.28. The number of hydrogen-bond acceptors (Lipinski definition) is 4. The molecule has 3 heterocycles. The van der Waals surface area contributed by atoms with Gasteiger partial charge in [0.1, 0.15) is 17.6 Å². The predicted molar refractivity (Wildman–Crippen MR) is 89.5 cm³/mol. The molecule has 6 nitrogen and oxygen atoms in total. The van der Waals surface area contributed by atoms with E-state index in [2.05, 4.69) is 27.5 Å². The lowest BCUT2D eigenvalue weighted by molar-refractivity contribution is 0.0672. The Bertz CT molecular complexity index is 789. The van der Waals surface area contributed by atoms with Gasteiger partial charge in [-0.15, -0.1) is 0 Å². The maximum absolute atomic E-state index is 12.8. The van der Waals surface area contributed by atoms with Gasteiger partial charge in [0.2, 0.25) is 0 Å². The normalized spacial score (nSPS) is 17.5. The summed E-state index contributed by atoms with van der Waals surface area (Å²) < 4.78 is 2.19. The van der Waals surface area contributed by atoms with E-state index in [9.17, 15) is 4.79 Å². The number of likely N-dealkylation sites (tertiary alicyclic amines) is 1. The van der Waals surface area contributed by atoms with Gasteiger partial charge in [0, 0.05) is 31.9 Å². The minimum atomic E-state index is -0.0644. The van der Waals surface area contributed by atoms with Crippen molar-refractivity contribution in [2.75, 3.05) is 13.1 Å². The van der Waals surface area contributed by atoms with E-state index in [-0.39, 0.29) is 11.9 Å². The highest BCUT2D eigenvalue weighted by Crippen LogP contribution is 2.24. The molecule has 24 heavy (non-hydrogen) atoms. The molecule has 1 saturated heterocycles. The largest absolute Gasteiger partial charge is 0.335 e. The van der Waals surface area contributed by atoms with Crippen LogP contribution in [0, 0.1) is 18.3 Å². The van der Waals surface area contributed by atoms with Crippen LogP contribution in [0.1, 0.15) is 53.4 Å². The fourth-order valence-corrected chi connectivity index (χ4v) is 3.28. The van der Waals surface area contributed by atoms with Gasteiger partial charge < -0.3 is 9.47 Å². The Hall–Kier alpha value is -2.68. The van der Waals surface area contributed by atoms with E-state index in [1.165, 1.54) is 0 Å². The van der Waals surface area contributed by atoms with Crippen LogP contribution in [-0.4, -0.2) is 38.4 Å². The number of carbonyl (C=O) groups excluding carboxylic acids is 1. The second-order valence-corrected chi connectivity index (χ2v) is 6.09. The Morgan fingerprint density at radius 3 is 3.00 bits per heavy atom. The number of amides is 1. The second kappa shape index (κ2) is 6.83. The van der Waals surface area contributed by atoms with Crippen molar-refractivity contribution in [3.05, 3.63) is 47.3 Å². The van der Waals surface area contributed by atoms with Crippen LogP contribution < -0.4 is 0 Å². The Morgan fingerprint density at radius 1 is 1.46 bits per heavy atom. The van der Waals surface area contributed by atoms with Crippen molar-refractivity contribution in [1.82, 2.24) is 19.4 Å². The van der Waals surface area contributed by atoms with Gasteiger partial charge in [-0.1, -0.05) is 6.92 Å². The maximum Gasteiger partial charge on any atom is 0.272 e. The van der Waals surface area contributed by atoms with E-state index < -0.39 is 0 Å². The molecule has 1 aliphatic heterocycles. The molecule has 1 amide bonds. The van der Waals surface area contributed by atoms with Gasteiger partial charge in [0.05, 0.1) is 17.3 Å². The van der Waals surface area contributed by atoms with E-state index in [4.69, 9.17) is 5.26 Å². The third-order valence-corrected chi connectivity index (χ3v) is 4.57. The minimum Gasteiger partial charge on any atom is -0.335 e. The zero-order valence-corrected chi connectivity index (χ0v) is 14.1. The van der Waals surface area contributed by atoms with E-state index >= 15 is 0 Å². The highest BCUT2D eigenvalue weighted by Gasteiger charge is 2.27. The molecule has 0 bridgehead atoms. The average molecular weight is 323 g/mol. The molecule has 1 unspecified atom stereocenters. The fraction of sp³-hybridized carbons (Fsp3) is 0.444. The zero-order valence-electron chi connectivity index (χ0n) is 14.1. The number of hydrogen-bond donors (Lipinski definition) is 0. The van der Waals surface area contributed by atoms with Gasteiger partial charge in [0.15, 0.2) is 0 Å². The summed E-state index contributed by atoms with van der Waals surface area (Å²) in [7, 11) is 0. The molecule has 2 aromatic heterocycles. The summed E-state index contributed by atoms with van der Waals surface area (Å²) >= 11 is 0. The summed E-state index contributed by atoms with van der Waals surface area (Å²) in [6, 6.07) is 5.66. The Labute approximate surface area is 141 Å². The molecule has 1 aliphatic rings. The highest BCUT2D eigenvalue weighted by atomic mass is 16.2. The standard InChI is InChI=1S/C18H21N5O/c1-3-17-20-8-10-23(17)15-5-4-9-22(12-15)18(24)16-7-6-14(11-19)13(2)21-16/h6-8,10,15H,3-5,9,12H2,1-2H3. The van der Waals surface area contributed by atoms with Crippen molar-refractivity contribution in [2.45, 2.75) is 39.2 Å². The van der Waals surface area contributed by atoms with Gasteiger partial charge in [-0.25, -0.2) is 9.97 Å². The lowest BCUT2D eigenvalue weighted by Crippen LogP contribution is -2.41. The van der Waals surface area contributed by atoms with Crippen molar-refractivity contribution in [3.63, 3.8) is 0 Å². The SMILES string of the molecule is CCc1nccn1C1CCCN(C(=O)c2ccc(C#N)c(C)n2)C1. The molecule has 0 spiro atoms. The van der Waals surface area contributed by atoms with Crippen molar-refractivity contribution >= 4 is 5.91 Å². The number of rotatable bonds is 3. The van der Waals surface area contributed by atoms with Gasteiger partial charge in [-0.2, -0.15) is 5.26 Å². The van der Waals surface area contributed by atoms with E-state index in [0.29, 0.717) is 23.5 Å². The van der Waals surface area contributed by atoms with Crippen LogP contribution in [0.25, 0.3) is 0 Å². The first-order valence-corrected chi connectivity index (χ1v) is 8.32. The molecular weight excluding hydrogens is 302 g/mol. The molecule has 6 heteroatoms. The number of nitrogens with zero attached hydrogens (tertiary/aromatic N) is 5. The van der Waals surface area contributed by atoms with Crippen molar-refractivity contribution in [1.29, 1.82) is 5.26 Å². The average Bonchev–Trinajstić information content (AvgIpc) is 3.10. The molecule has 0 radical (unpaired) electrons. The second-order valence-electron chi connectivity index (χ2n) is 6.09. The van der Waals surface area contributed by atoms with Crippen LogP contribution >= 0.6 is 0 Å². The zero-order chi connectivity index (χ0) is 17.1. The lowest BCUT2D eigenvalue weighted by atomic mass is 10.0. The van der Waals surface area contributed by atoms with Crippen LogP contribution in [0.5, 0.6) is 0 Å². The van der Waals surface area contributed by atoms with Crippen molar-refractivity contribution in [3.8, 4) is 6.07 Å². The first-order chi connectivity index (χ1) is 11.6. The molecular formula is C18H21N5O. The van der Waals surface area contributed by atoms with Gasteiger partial charge in [-0.05, 0) is 31.9 Å². The predicted octanol–water partition coefficient (Wildman–Crippen LogP) is 2.50. The first kappa shape index (κ1) is 16.2. The van der Waals surface area contributed by atoms with Crippen molar-refractivity contribution < 1.29 is 4.79 Å².